The third-order valence-corrected chi connectivity index (χ3v) is 4.51. The number of thioether (sulfide) groups is 1. The van der Waals surface area contributed by atoms with Gasteiger partial charge in [0.15, 0.2) is 0 Å². The van der Waals surface area contributed by atoms with Crippen LogP contribution in [0.4, 0.5) is 4.39 Å². The Labute approximate surface area is 124 Å². The first kappa shape index (κ1) is 15.1. The fourth-order valence-electron chi connectivity index (χ4n) is 2.13. The molecule has 1 N–H and O–H groups in total. The summed E-state index contributed by atoms with van der Waals surface area (Å²) in [5.41, 5.74) is 3.42. The van der Waals surface area contributed by atoms with Gasteiger partial charge >= 0.3 is 0 Å². The zero-order valence-corrected chi connectivity index (χ0v) is 12.9. The van der Waals surface area contributed by atoms with Gasteiger partial charge in [-0.15, -0.1) is 11.8 Å². The van der Waals surface area contributed by atoms with Crippen molar-refractivity contribution in [2.45, 2.75) is 24.8 Å². The van der Waals surface area contributed by atoms with Crippen LogP contribution in [0, 0.1) is 19.7 Å². The molecule has 0 saturated heterocycles. The molecule has 0 saturated carbocycles. The number of hydrogen-bond acceptors (Lipinski definition) is 2. The minimum atomic E-state index is -0.175. The fourth-order valence-corrected chi connectivity index (χ4v) is 3.16. The molecule has 2 aromatic rings. The van der Waals surface area contributed by atoms with Crippen LogP contribution in [0.2, 0.25) is 0 Å². The molecule has 2 rings (SSSR count). The number of nitrogens with one attached hydrogen (secondary N) is 1. The van der Waals surface area contributed by atoms with E-state index in [1.807, 2.05) is 20.0 Å². The van der Waals surface area contributed by atoms with Gasteiger partial charge in [0.1, 0.15) is 5.82 Å². The van der Waals surface area contributed by atoms with Crippen LogP contribution in [0.25, 0.3) is 0 Å². The van der Waals surface area contributed by atoms with Crippen molar-refractivity contribution in [3.05, 3.63) is 65.0 Å². The Morgan fingerprint density at radius 3 is 2.45 bits per heavy atom. The minimum absolute atomic E-state index is 0.150. The van der Waals surface area contributed by atoms with E-state index in [0.717, 1.165) is 16.9 Å². The summed E-state index contributed by atoms with van der Waals surface area (Å²) in [4.78, 5) is 1.24. The first-order chi connectivity index (χ1) is 9.60. The molecule has 0 aliphatic rings. The molecule has 2 aromatic carbocycles. The minimum Gasteiger partial charge on any atom is -0.312 e. The molecule has 0 radical (unpaired) electrons. The van der Waals surface area contributed by atoms with E-state index >= 15 is 0 Å². The number of aryl methyl sites for hydroxylation is 2. The third kappa shape index (κ3) is 3.84. The molecule has 0 amide bonds. The van der Waals surface area contributed by atoms with Gasteiger partial charge < -0.3 is 5.32 Å². The van der Waals surface area contributed by atoms with Gasteiger partial charge in [0.05, 0.1) is 0 Å². The summed E-state index contributed by atoms with van der Waals surface area (Å²) in [5.74, 6) is 0.704. The van der Waals surface area contributed by atoms with Crippen molar-refractivity contribution in [3.63, 3.8) is 0 Å². The van der Waals surface area contributed by atoms with E-state index in [9.17, 15) is 4.39 Å². The number of benzene rings is 2. The van der Waals surface area contributed by atoms with Gasteiger partial charge in [0.25, 0.3) is 0 Å². The van der Waals surface area contributed by atoms with Crippen molar-refractivity contribution in [2.75, 3.05) is 12.8 Å². The summed E-state index contributed by atoms with van der Waals surface area (Å²) >= 11 is 1.79. The molecule has 20 heavy (non-hydrogen) atoms. The molecule has 1 unspecified atom stereocenters. The average Bonchev–Trinajstić information content (AvgIpc) is 2.45. The summed E-state index contributed by atoms with van der Waals surface area (Å²) in [6, 6.07) is 13.6. The molecule has 0 aromatic heterocycles. The van der Waals surface area contributed by atoms with E-state index in [4.69, 9.17) is 0 Å². The van der Waals surface area contributed by atoms with E-state index in [-0.39, 0.29) is 11.9 Å². The van der Waals surface area contributed by atoms with Crippen molar-refractivity contribution in [3.8, 4) is 0 Å². The quantitative estimate of drug-likeness (QED) is 0.814. The van der Waals surface area contributed by atoms with Crippen LogP contribution in [0.1, 0.15) is 22.7 Å². The topological polar surface area (TPSA) is 12.0 Å². The van der Waals surface area contributed by atoms with Crippen LogP contribution in [-0.2, 0) is 0 Å². The summed E-state index contributed by atoms with van der Waals surface area (Å²) in [7, 11) is 1.92. The SMILES string of the molecule is CNC(CSc1ccc(C)cc1)c1cc(F)ccc1C. The first-order valence-electron chi connectivity index (χ1n) is 6.73. The zero-order valence-electron chi connectivity index (χ0n) is 12.1. The molecule has 106 valence electrons. The van der Waals surface area contributed by atoms with Gasteiger partial charge in [-0.1, -0.05) is 23.8 Å². The lowest BCUT2D eigenvalue weighted by molar-refractivity contribution is 0.609. The van der Waals surface area contributed by atoms with Crippen molar-refractivity contribution in [1.29, 1.82) is 0 Å². The third-order valence-electron chi connectivity index (χ3n) is 3.40. The van der Waals surface area contributed by atoms with Crippen molar-refractivity contribution in [1.82, 2.24) is 5.32 Å². The van der Waals surface area contributed by atoms with Gasteiger partial charge in [-0.2, -0.15) is 0 Å². The molecule has 0 aliphatic carbocycles. The van der Waals surface area contributed by atoms with E-state index in [2.05, 4.69) is 36.5 Å². The maximum absolute atomic E-state index is 13.4. The van der Waals surface area contributed by atoms with E-state index in [1.165, 1.54) is 16.5 Å². The Bertz CT molecular complexity index is 566. The average molecular weight is 289 g/mol. The lowest BCUT2D eigenvalue weighted by Crippen LogP contribution is -2.20. The van der Waals surface area contributed by atoms with Crippen molar-refractivity contribution < 1.29 is 4.39 Å². The molecular formula is C17H20FNS. The number of hydrogen-bond donors (Lipinski definition) is 1. The highest BCUT2D eigenvalue weighted by molar-refractivity contribution is 7.99. The van der Waals surface area contributed by atoms with Crippen LogP contribution in [-0.4, -0.2) is 12.8 Å². The van der Waals surface area contributed by atoms with Gasteiger partial charge in [-0.05, 0) is 56.3 Å². The standard InChI is InChI=1S/C17H20FNS/c1-12-4-8-15(9-5-12)20-11-17(19-3)16-10-14(18)7-6-13(16)2/h4-10,17,19H,11H2,1-3H3. The molecular weight excluding hydrogens is 269 g/mol. The fraction of sp³-hybridized carbons (Fsp3) is 0.294. The zero-order chi connectivity index (χ0) is 14.5. The lowest BCUT2D eigenvalue weighted by Gasteiger charge is -2.18. The van der Waals surface area contributed by atoms with E-state index < -0.39 is 0 Å². The number of halogens is 1. The van der Waals surface area contributed by atoms with Gasteiger partial charge in [0.2, 0.25) is 0 Å². The van der Waals surface area contributed by atoms with Gasteiger partial charge in [0, 0.05) is 16.7 Å². The molecule has 0 spiro atoms. The van der Waals surface area contributed by atoms with Crippen molar-refractivity contribution in [2.24, 2.45) is 0 Å². The Balaban J connectivity index is 2.09. The Kier molecular flexibility index (Phi) is 5.21. The molecule has 3 heteroatoms. The van der Waals surface area contributed by atoms with E-state index in [0.29, 0.717) is 0 Å². The second-order valence-corrected chi connectivity index (χ2v) is 6.06. The lowest BCUT2D eigenvalue weighted by atomic mass is 10.0. The Morgan fingerprint density at radius 2 is 1.80 bits per heavy atom. The van der Waals surface area contributed by atoms with Crippen LogP contribution < -0.4 is 5.32 Å². The normalized spacial score (nSPS) is 12.4. The van der Waals surface area contributed by atoms with E-state index in [1.54, 1.807) is 17.8 Å². The maximum atomic E-state index is 13.4. The summed E-state index contributed by atoms with van der Waals surface area (Å²) < 4.78 is 13.4. The molecule has 0 fully saturated rings. The van der Waals surface area contributed by atoms with Crippen LogP contribution in [0.15, 0.2) is 47.4 Å². The van der Waals surface area contributed by atoms with Crippen LogP contribution in [0.5, 0.6) is 0 Å². The van der Waals surface area contributed by atoms with Crippen LogP contribution >= 0.6 is 11.8 Å². The van der Waals surface area contributed by atoms with Gasteiger partial charge in [-0.25, -0.2) is 4.39 Å². The maximum Gasteiger partial charge on any atom is 0.123 e. The van der Waals surface area contributed by atoms with Gasteiger partial charge in [-0.3, -0.25) is 0 Å². The number of rotatable bonds is 5. The second-order valence-electron chi connectivity index (χ2n) is 4.97. The molecule has 1 atom stereocenters. The monoisotopic (exact) mass is 289 g/mol. The highest BCUT2D eigenvalue weighted by atomic mass is 32.2. The predicted octanol–water partition coefficient (Wildman–Crippen LogP) is 4.50. The highest BCUT2D eigenvalue weighted by Gasteiger charge is 2.13. The summed E-state index contributed by atoms with van der Waals surface area (Å²) in [5, 5.41) is 3.28. The summed E-state index contributed by atoms with van der Waals surface area (Å²) in [6.07, 6.45) is 0. The van der Waals surface area contributed by atoms with Crippen LogP contribution in [0.3, 0.4) is 0 Å². The molecule has 1 nitrogen and oxygen atoms in total. The highest BCUT2D eigenvalue weighted by Crippen LogP contribution is 2.27. The first-order valence-corrected chi connectivity index (χ1v) is 7.71. The molecule has 0 aliphatic heterocycles. The summed E-state index contributed by atoms with van der Waals surface area (Å²) in [6.45, 7) is 4.11. The molecule has 0 bridgehead atoms. The smallest absolute Gasteiger partial charge is 0.123 e. The second kappa shape index (κ2) is 6.91. The Morgan fingerprint density at radius 1 is 1.10 bits per heavy atom. The predicted molar refractivity (Wildman–Crippen MR) is 84.8 cm³/mol. The van der Waals surface area contributed by atoms with Crippen molar-refractivity contribution >= 4 is 11.8 Å². The Hall–Kier alpha value is -1.32. The molecule has 0 heterocycles. The largest absolute Gasteiger partial charge is 0.312 e.